The van der Waals surface area contributed by atoms with Gasteiger partial charge in [0.05, 0.1) is 13.7 Å². The van der Waals surface area contributed by atoms with Crippen molar-refractivity contribution in [2.24, 2.45) is 0 Å². The molecule has 2 aromatic rings. The molecule has 0 radical (unpaired) electrons. The van der Waals surface area contributed by atoms with Gasteiger partial charge in [-0.25, -0.2) is 0 Å². The van der Waals surface area contributed by atoms with E-state index in [1.165, 1.54) is 12.5 Å². The molecule has 27 heavy (non-hydrogen) atoms. The van der Waals surface area contributed by atoms with E-state index in [-0.39, 0.29) is 11.7 Å². The van der Waals surface area contributed by atoms with Crippen molar-refractivity contribution >= 4 is 33.3 Å². The molecule has 0 saturated carbocycles. The zero-order valence-corrected chi connectivity index (χ0v) is 17.0. The number of ether oxygens (including phenoxy) is 2. The Labute approximate surface area is 167 Å². The van der Waals surface area contributed by atoms with Gasteiger partial charge in [-0.3, -0.25) is 9.59 Å². The highest BCUT2D eigenvalue weighted by atomic mass is 79.9. The summed E-state index contributed by atoms with van der Waals surface area (Å²) in [5.41, 5.74) is 2.78. The van der Waals surface area contributed by atoms with Gasteiger partial charge in [-0.15, -0.1) is 0 Å². The van der Waals surface area contributed by atoms with Crippen molar-refractivity contribution in [2.45, 2.75) is 26.2 Å². The summed E-state index contributed by atoms with van der Waals surface area (Å²) in [6.45, 7) is 2.64. The number of Topliss-reactive ketones (excluding diaryl/α,β-unsaturated/α-hetero) is 1. The average molecular weight is 432 g/mol. The second-order valence-electron chi connectivity index (χ2n) is 6.44. The van der Waals surface area contributed by atoms with Crippen LogP contribution in [0.4, 0.5) is 5.69 Å². The lowest BCUT2D eigenvalue weighted by atomic mass is 10.1. The minimum atomic E-state index is -0.0250. The lowest BCUT2D eigenvalue weighted by Gasteiger charge is -2.18. The van der Waals surface area contributed by atoms with Crippen molar-refractivity contribution < 1.29 is 19.1 Å². The molecule has 1 aliphatic heterocycles. The number of carbonyl (C=O) groups is 2. The third-order valence-corrected chi connectivity index (χ3v) is 5.10. The lowest BCUT2D eigenvalue weighted by molar-refractivity contribution is -0.118. The van der Waals surface area contributed by atoms with Crippen LogP contribution in [0.5, 0.6) is 11.5 Å². The number of rotatable bonds is 7. The fourth-order valence-electron chi connectivity index (χ4n) is 3.16. The molecule has 0 unspecified atom stereocenters. The van der Waals surface area contributed by atoms with Gasteiger partial charge in [0, 0.05) is 28.7 Å². The molecule has 0 aromatic heterocycles. The maximum absolute atomic E-state index is 12.6. The molecule has 0 N–H and O–H groups in total. The van der Waals surface area contributed by atoms with Gasteiger partial charge in [-0.1, -0.05) is 22.0 Å². The van der Waals surface area contributed by atoms with Crippen molar-refractivity contribution in [3.05, 3.63) is 52.0 Å². The Kier molecular flexibility index (Phi) is 6.16. The molecule has 3 rings (SSSR count). The van der Waals surface area contributed by atoms with Crippen molar-refractivity contribution in [3.8, 4) is 11.5 Å². The zero-order chi connectivity index (χ0) is 19.4. The third-order valence-electron chi connectivity index (χ3n) is 4.61. The second kappa shape index (κ2) is 8.57. The van der Waals surface area contributed by atoms with E-state index in [1.807, 2.05) is 17.0 Å². The van der Waals surface area contributed by atoms with Crippen LogP contribution in [0.3, 0.4) is 0 Å². The van der Waals surface area contributed by atoms with Crippen molar-refractivity contribution in [2.75, 3.05) is 25.2 Å². The molecule has 0 fully saturated rings. The third kappa shape index (κ3) is 4.50. The number of hydrogen-bond acceptors (Lipinski definition) is 4. The van der Waals surface area contributed by atoms with Gasteiger partial charge in [0.1, 0.15) is 0 Å². The summed E-state index contributed by atoms with van der Waals surface area (Å²) in [6.07, 6.45) is 1.92. The first-order valence-corrected chi connectivity index (χ1v) is 9.69. The van der Waals surface area contributed by atoms with E-state index in [9.17, 15) is 9.59 Å². The number of benzene rings is 2. The number of halogens is 1. The number of hydrogen-bond donors (Lipinski definition) is 0. The van der Waals surface area contributed by atoms with Crippen LogP contribution in [0, 0.1) is 0 Å². The summed E-state index contributed by atoms with van der Waals surface area (Å²) in [4.78, 5) is 25.9. The summed E-state index contributed by atoms with van der Waals surface area (Å²) >= 11 is 3.47. The SMILES string of the molecule is COc1cc(C(C)=O)ccc1OCCCC(=O)N1CCc2ccc(Br)cc21. The van der Waals surface area contributed by atoms with Crippen LogP contribution in [0.25, 0.3) is 0 Å². The van der Waals surface area contributed by atoms with Gasteiger partial charge in [0.15, 0.2) is 17.3 Å². The highest BCUT2D eigenvalue weighted by Crippen LogP contribution is 2.32. The van der Waals surface area contributed by atoms with E-state index in [0.717, 1.165) is 23.1 Å². The van der Waals surface area contributed by atoms with E-state index in [4.69, 9.17) is 9.47 Å². The molecule has 1 amide bonds. The van der Waals surface area contributed by atoms with Crippen LogP contribution < -0.4 is 14.4 Å². The lowest BCUT2D eigenvalue weighted by Crippen LogP contribution is -2.28. The largest absolute Gasteiger partial charge is 0.493 e. The Hall–Kier alpha value is -2.34. The monoisotopic (exact) mass is 431 g/mol. The maximum atomic E-state index is 12.6. The van der Waals surface area contributed by atoms with E-state index in [1.54, 1.807) is 25.3 Å². The molecule has 1 aliphatic rings. The Bertz CT molecular complexity index is 865. The summed E-state index contributed by atoms with van der Waals surface area (Å²) in [5, 5.41) is 0. The molecule has 5 nitrogen and oxygen atoms in total. The Balaban J connectivity index is 1.53. The number of fused-ring (bicyclic) bond motifs is 1. The second-order valence-corrected chi connectivity index (χ2v) is 7.36. The number of nitrogens with zero attached hydrogens (tertiary/aromatic N) is 1. The first kappa shape index (κ1) is 19.4. The molecule has 2 aromatic carbocycles. The number of amides is 1. The van der Waals surface area contributed by atoms with Crippen LogP contribution >= 0.6 is 15.9 Å². The number of methoxy groups -OCH3 is 1. The molecule has 0 saturated heterocycles. The fourth-order valence-corrected chi connectivity index (χ4v) is 3.51. The van der Waals surface area contributed by atoms with Crippen molar-refractivity contribution in [3.63, 3.8) is 0 Å². The summed E-state index contributed by atoms with van der Waals surface area (Å²) in [7, 11) is 1.54. The summed E-state index contributed by atoms with van der Waals surface area (Å²) < 4.78 is 12.0. The van der Waals surface area contributed by atoms with Gasteiger partial charge >= 0.3 is 0 Å². The van der Waals surface area contributed by atoms with Gasteiger partial charge in [-0.05, 0) is 55.7 Å². The van der Waals surface area contributed by atoms with Gasteiger partial charge in [0.2, 0.25) is 5.91 Å². The Morgan fingerprint density at radius 3 is 2.70 bits per heavy atom. The van der Waals surface area contributed by atoms with Gasteiger partial charge < -0.3 is 14.4 Å². The number of carbonyl (C=O) groups excluding carboxylic acids is 2. The molecule has 6 heteroatoms. The summed E-state index contributed by atoms with van der Waals surface area (Å²) in [5.74, 6) is 1.18. The fraction of sp³-hybridized carbons (Fsp3) is 0.333. The molecule has 0 aliphatic carbocycles. The topological polar surface area (TPSA) is 55.8 Å². The highest BCUT2D eigenvalue weighted by Gasteiger charge is 2.24. The minimum Gasteiger partial charge on any atom is -0.493 e. The molecular formula is C21H22BrNO4. The number of anilines is 1. The minimum absolute atomic E-state index is 0.0250. The van der Waals surface area contributed by atoms with E-state index >= 15 is 0 Å². The van der Waals surface area contributed by atoms with Crippen LogP contribution in [-0.2, 0) is 11.2 Å². The van der Waals surface area contributed by atoms with Crippen LogP contribution in [0.2, 0.25) is 0 Å². The molecular weight excluding hydrogens is 410 g/mol. The standard InChI is InChI=1S/C21H22BrNO4/c1-14(24)16-6-8-19(20(12-16)26-2)27-11-3-4-21(25)23-10-9-15-5-7-17(22)13-18(15)23/h5-8,12-13H,3-4,9-11H2,1-2H3. The predicted molar refractivity (Wildman–Crippen MR) is 108 cm³/mol. The van der Waals surface area contributed by atoms with Crippen molar-refractivity contribution in [1.29, 1.82) is 0 Å². The number of ketones is 1. The predicted octanol–water partition coefficient (Wildman–Crippen LogP) is 4.41. The smallest absolute Gasteiger partial charge is 0.227 e. The Morgan fingerprint density at radius 1 is 1.15 bits per heavy atom. The summed E-state index contributed by atoms with van der Waals surface area (Å²) in [6, 6.07) is 11.2. The van der Waals surface area contributed by atoms with Gasteiger partial charge in [0.25, 0.3) is 0 Å². The van der Waals surface area contributed by atoms with Crippen molar-refractivity contribution in [1.82, 2.24) is 0 Å². The first-order chi connectivity index (χ1) is 13.0. The van der Waals surface area contributed by atoms with Gasteiger partial charge in [-0.2, -0.15) is 0 Å². The molecule has 142 valence electrons. The Morgan fingerprint density at radius 2 is 1.96 bits per heavy atom. The zero-order valence-electron chi connectivity index (χ0n) is 15.5. The molecule has 0 bridgehead atoms. The van der Waals surface area contributed by atoms with Crippen LogP contribution in [-0.4, -0.2) is 32.0 Å². The first-order valence-electron chi connectivity index (χ1n) is 8.90. The average Bonchev–Trinajstić information content (AvgIpc) is 3.08. The van der Waals surface area contributed by atoms with E-state index < -0.39 is 0 Å². The molecule has 0 atom stereocenters. The van der Waals surface area contributed by atoms with Crippen LogP contribution in [0.1, 0.15) is 35.7 Å². The normalized spacial score (nSPS) is 12.6. The quantitative estimate of drug-likeness (QED) is 0.481. The highest BCUT2D eigenvalue weighted by molar-refractivity contribution is 9.10. The van der Waals surface area contributed by atoms with Crippen LogP contribution in [0.15, 0.2) is 40.9 Å². The molecule has 1 heterocycles. The van der Waals surface area contributed by atoms with E-state index in [0.29, 0.717) is 36.5 Å². The van der Waals surface area contributed by atoms with E-state index in [2.05, 4.69) is 22.0 Å². The maximum Gasteiger partial charge on any atom is 0.227 e. The molecule has 0 spiro atoms.